The molecule has 1 heterocycles. The van der Waals surface area contributed by atoms with Crippen molar-refractivity contribution < 1.29 is 12.8 Å². The second-order valence-electron chi connectivity index (χ2n) is 6.53. The maximum atomic E-state index is 13.6. The molecule has 0 atom stereocenters. The van der Waals surface area contributed by atoms with Crippen LogP contribution in [0.2, 0.25) is 0 Å². The molecule has 1 aliphatic rings. The number of halogens is 1. The van der Waals surface area contributed by atoms with Gasteiger partial charge in [0, 0.05) is 24.5 Å². The molecule has 3 rings (SSSR count). The number of nitrogens with one attached hydrogen (secondary N) is 2. The maximum Gasteiger partial charge on any atom is 0.243 e. The minimum atomic E-state index is -3.45. The normalized spacial score (nSPS) is 15.3. The van der Waals surface area contributed by atoms with Crippen LogP contribution in [0.15, 0.2) is 47.4 Å². The number of nitrogens with zero attached hydrogens (tertiary/aromatic N) is 1. The lowest BCUT2D eigenvalue weighted by atomic mass is 10.2. The fourth-order valence-corrected chi connectivity index (χ4v) is 4.68. The van der Waals surface area contributed by atoms with Crippen molar-refractivity contribution in [3.63, 3.8) is 0 Å². The van der Waals surface area contributed by atoms with E-state index in [0.29, 0.717) is 35.1 Å². The molecule has 0 radical (unpaired) electrons. The van der Waals surface area contributed by atoms with Gasteiger partial charge in [0.15, 0.2) is 5.11 Å². The van der Waals surface area contributed by atoms with Crippen LogP contribution in [0.3, 0.4) is 0 Å². The van der Waals surface area contributed by atoms with Crippen LogP contribution in [0.4, 0.5) is 15.8 Å². The number of sulfonamides is 1. The summed E-state index contributed by atoms with van der Waals surface area (Å²) in [6, 6.07) is 11.3. The summed E-state index contributed by atoms with van der Waals surface area (Å²) in [5, 5.41) is 6.18. The van der Waals surface area contributed by atoms with Gasteiger partial charge in [-0.1, -0.05) is 12.5 Å². The minimum absolute atomic E-state index is 0.273. The Morgan fingerprint density at radius 2 is 1.59 bits per heavy atom. The summed E-state index contributed by atoms with van der Waals surface area (Å²) in [4.78, 5) is 0.273. The first-order valence-electron chi connectivity index (χ1n) is 8.80. The van der Waals surface area contributed by atoms with Gasteiger partial charge < -0.3 is 10.6 Å². The van der Waals surface area contributed by atoms with Gasteiger partial charge in [0.25, 0.3) is 0 Å². The van der Waals surface area contributed by atoms with Gasteiger partial charge in [-0.05, 0) is 73.9 Å². The average Bonchev–Trinajstić information content (AvgIpc) is 2.66. The highest BCUT2D eigenvalue weighted by Crippen LogP contribution is 2.22. The van der Waals surface area contributed by atoms with Crippen molar-refractivity contribution in [1.82, 2.24) is 4.31 Å². The van der Waals surface area contributed by atoms with Crippen LogP contribution in [0.25, 0.3) is 0 Å². The second kappa shape index (κ2) is 8.33. The average molecular weight is 408 g/mol. The molecular weight excluding hydrogens is 385 g/mol. The SMILES string of the molecule is Cc1ccc(NC(=S)Nc2ccc(S(=O)(=O)N3CCCCC3)cc2)cc1F. The molecule has 5 nitrogen and oxygen atoms in total. The molecule has 8 heteroatoms. The van der Waals surface area contributed by atoms with Crippen molar-refractivity contribution in [2.75, 3.05) is 23.7 Å². The summed E-state index contributed by atoms with van der Waals surface area (Å²) in [7, 11) is -3.45. The van der Waals surface area contributed by atoms with Gasteiger partial charge in [0.2, 0.25) is 10.0 Å². The third-order valence-corrected chi connectivity index (χ3v) is 6.61. The monoisotopic (exact) mass is 407 g/mol. The number of piperidine rings is 1. The molecule has 1 aliphatic heterocycles. The van der Waals surface area contributed by atoms with Crippen LogP contribution in [0, 0.1) is 12.7 Å². The molecule has 0 spiro atoms. The molecule has 2 N–H and O–H groups in total. The molecule has 1 saturated heterocycles. The lowest BCUT2D eigenvalue weighted by Crippen LogP contribution is -2.35. The van der Waals surface area contributed by atoms with Crippen LogP contribution in [-0.4, -0.2) is 30.9 Å². The van der Waals surface area contributed by atoms with E-state index in [4.69, 9.17) is 12.2 Å². The van der Waals surface area contributed by atoms with E-state index in [-0.39, 0.29) is 10.7 Å². The molecule has 0 saturated carbocycles. The first-order chi connectivity index (χ1) is 12.9. The zero-order chi connectivity index (χ0) is 19.4. The van der Waals surface area contributed by atoms with E-state index in [1.54, 1.807) is 43.3 Å². The molecule has 0 aromatic heterocycles. The lowest BCUT2D eigenvalue weighted by molar-refractivity contribution is 0.346. The van der Waals surface area contributed by atoms with Crippen LogP contribution >= 0.6 is 12.2 Å². The van der Waals surface area contributed by atoms with E-state index in [1.165, 1.54) is 10.4 Å². The van der Waals surface area contributed by atoms with Gasteiger partial charge >= 0.3 is 0 Å². The van der Waals surface area contributed by atoms with Gasteiger partial charge in [-0.25, -0.2) is 12.8 Å². The summed E-state index contributed by atoms with van der Waals surface area (Å²) in [6.45, 7) is 2.84. The maximum absolute atomic E-state index is 13.6. The number of aryl methyl sites for hydroxylation is 1. The summed E-state index contributed by atoms with van der Waals surface area (Å²) in [5.41, 5.74) is 1.75. The van der Waals surface area contributed by atoms with Gasteiger partial charge in [0.05, 0.1) is 4.90 Å². The van der Waals surface area contributed by atoms with E-state index >= 15 is 0 Å². The Kier molecular flexibility index (Phi) is 6.08. The van der Waals surface area contributed by atoms with E-state index < -0.39 is 10.0 Å². The molecule has 0 unspecified atom stereocenters. The molecule has 2 aromatic rings. The topological polar surface area (TPSA) is 61.4 Å². The van der Waals surface area contributed by atoms with Crippen molar-refractivity contribution in [2.45, 2.75) is 31.1 Å². The molecule has 0 amide bonds. The lowest BCUT2D eigenvalue weighted by Gasteiger charge is -2.25. The summed E-state index contributed by atoms with van der Waals surface area (Å²) in [5.74, 6) is -0.310. The summed E-state index contributed by atoms with van der Waals surface area (Å²) in [6.07, 6.45) is 2.88. The predicted molar refractivity (Wildman–Crippen MR) is 110 cm³/mol. The Bertz CT molecular complexity index is 924. The Hall–Kier alpha value is -2.03. The zero-order valence-corrected chi connectivity index (χ0v) is 16.7. The first-order valence-corrected chi connectivity index (χ1v) is 10.7. The predicted octanol–water partition coefficient (Wildman–Crippen LogP) is 4.12. The Balaban J connectivity index is 1.64. The van der Waals surface area contributed by atoms with Crippen molar-refractivity contribution in [3.8, 4) is 0 Å². The number of thiocarbonyl (C=S) groups is 1. The van der Waals surface area contributed by atoms with E-state index in [2.05, 4.69) is 10.6 Å². The van der Waals surface area contributed by atoms with E-state index in [9.17, 15) is 12.8 Å². The van der Waals surface area contributed by atoms with Crippen LogP contribution < -0.4 is 10.6 Å². The Labute approximate surface area is 164 Å². The molecule has 27 heavy (non-hydrogen) atoms. The number of hydrogen-bond acceptors (Lipinski definition) is 3. The van der Waals surface area contributed by atoms with Gasteiger partial charge in [-0.2, -0.15) is 4.31 Å². The van der Waals surface area contributed by atoms with Gasteiger partial charge in [0.1, 0.15) is 5.82 Å². The standard InChI is InChI=1S/C19H22FN3O2S2/c1-14-5-6-16(13-18(14)20)22-19(26)21-15-7-9-17(10-8-15)27(24,25)23-11-3-2-4-12-23/h5-10,13H,2-4,11-12H2,1H3,(H2,21,22,26). The smallest absolute Gasteiger partial charge is 0.243 e. The number of anilines is 2. The Morgan fingerprint density at radius 1 is 1.00 bits per heavy atom. The highest BCUT2D eigenvalue weighted by molar-refractivity contribution is 7.89. The fourth-order valence-electron chi connectivity index (χ4n) is 2.93. The first kappa shape index (κ1) is 19.7. The molecule has 144 valence electrons. The molecule has 0 bridgehead atoms. The molecular formula is C19H22FN3O2S2. The fraction of sp³-hybridized carbons (Fsp3) is 0.316. The summed E-state index contributed by atoms with van der Waals surface area (Å²) >= 11 is 5.23. The van der Waals surface area contributed by atoms with Crippen LogP contribution in [0.5, 0.6) is 0 Å². The van der Waals surface area contributed by atoms with Crippen molar-refractivity contribution >= 4 is 38.7 Å². The number of hydrogen-bond donors (Lipinski definition) is 2. The zero-order valence-electron chi connectivity index (χ0n) is 15.0. The highest BCUT2D eigenvalue weighted by Gasteiger charge is 2.25. The molecule has 0 aliphatic carbocycles. The molecule has 1 fully saturated rings. The molecule has 2 aromatic carbocycles. The number of benzene rings is 2. The highest BCUT2D eigenvalue weighted by atomic mass is 32.2. The van der Waals surface area contributed by atoms with Crippen LogP contribution in [-0.2, 0) is 10.0 Å². The largest absolute Gasteiger partial charge is 0.332 e. The minimum Gasteiger partial charge on any atom is -0.332 e. The van der Waals surface area contributed by atoms with E-state index in [1.807, 2.05) is 0 Å². The quantitative estimate of drug-likeness (QED) is 0.747. The van der Waals surface area contributed by atoms with Gasteiger partial charge in [-0.3, -0.25) is 0 Å². The third-order valence-electron chi connectivity index (χ3n) is 4.49. The Morgan fingerprint density at radius 3 is 2.22 bits per heavy atom. The van der Waals surface area contributed by atoms with Crippen molar-refractivity contribution in [3.05, 3.63) is 53.8 Å². The van der Waals surface area contributed by atoms with Crippen molar-refractivity contribution in [1.29, 1.82) is 0 Å². The van der Waals surface area contributed by atoms with E-state index in [0.717, 1.165) is 19.3 Å². The van der Waals surface area contributed by atoms with Crippen molar-refractivity contribution in [2.24, 2.45) is 0 Å². The third kappa shape index (κ3) is 4.82. The van der Waals surface area contributed by atoms with Crippen LogP contribution in [0.1, 0.15) is 24.8 Å². The second-order valence-corrected chi connectivity index (χ2v) is 8.88. The number of rotatable bonds is 4. The van der Waals surface area contributed by atoms with Gasteiger partial charge in [-0.15, -0.1) is 0 Å². The summed E-state index contributed by atoms with van der Waals surface area (Å²) < 4.78 is 40.4.